The molecule has 1 amide bonds. The van der Waals surface area contributed by atoms with Gasteiger partial charge in [-0.15, -0.1) is 0 Å². The second-order valence-corrected chi connectivity index (χ2v) is 4.40. The third-order valence-corrected chi connectivity index (χ3v) is 3.05. The molecule has 0 spiro atoms. The lowest BCUT2D eigenvalue weighted by atomic mass is 10.1. The molecule has 0 saturated carbocycles. The molecule has 5 heteroatoms. The number of fused-ring (bicyclic) bond motifs is 1. The van der Waals surface area contributed by atoms with Gasteiger partial charge in [-0.2, -0.15) is 0 Å². The number of aromatic nitrogens is 2. The summed E-state index contributed by atoms with van der Waals surface area (Å²) in [5, 5.41) is 0. The van der Waals surface area contributed by atoms with Crippen LogP contribution in [0.3, 0.4) is 0 Å². The summed E-state index contributed by atoms with van der Waals surface area (Å²) in [6.07, 6.45) is 6.32. The van der Waals surface area contributed by atoms with E-state index in [0.717, 1.165) is 11.1 Å². The predicted molar refractivity (Wildman–Crippen MR) is 73.2 cm³/mol. The highest BCUT2D eigenvalue weighted by atomic mass is 16.6. The SMILES string of the molecule is O=C(OCc1ccncn1)N1C=Cc2ccccc2C1. The molecular formula is C15H13N3O2. The Kier molecular flexibility index (Phi) is 3.41. The Labute approximate surface area is 116 Å². The van der Waals surface area contributed by atoms with Crippen LogP contribution in [0.2, 0.25) is 0 Å². The number of nitrogens with zero attached hydrogens (tertiary/aromatic N) is 3. The van der Waals surface area contributed by atoms with Crippen molar-refractivity contribution in [3.63, 3.8) is 0 Å². The molecule has 100 valence electrons. The topological polar surface area (TPSA) is 55.3 Å². The largest absolute Gasteiger partial charge is 0.443 e. The van der Waals surface area contributed by atoms with Crippen LogP contribution in [0.1, 0.15) is 16.8 Å². The number of ether oxygens (including phenoxy) is 1. The number of rotatable bonds is 2. The van der Waals surface area contributed by atoms with E-state index in [0.29, 0.717) is 12.2 Å². The van der Waals surface area contributed by atoms with Crippen LogP contribution in [0.15, 0.2) is 49.1 Å². The molecule has 0 atom stereocenters. The van der Waals surface area contributed by atoms with E-state index < -0.39 is 0 Å². The molecule has 0 radical (unpaired) electrons. The minimum Gasteiger partial charge on any atom is -0.443 e. The van der Waals surface area contributed by atoms with Gasteiger partial charge in [-0.25, -0.2) is 14.8 Å². The number of amides is 1. The maximum atomic E-state index is 12.0. The summed E-state index contributed by atoms with van der Waals surface area (Å²) in [5.41, 5.74) is 2.91. The van der Waals surface area contributed by atoms with Gasteiger partial charge < -0.3 is 4.74 Å². The molecule has 0 fully saturated rings. The zero-order chi connectivity index (χ0) is 13.8. The van der Waals surface area contributed by atoms with Crippen LogP contribution in [0.4, 0.5) is 4.79 Å². The summed E-state index contributed by atoms with van der Waals surface area (Å²) >= 11 is 0. The molecule has 1 aliphatic heterocycles. The molecule has 0 saturated heterocycles. The third-order valence-electron chi connectivity index (χ3n) is 3.05. The van der Waals surface area contributed by atoms with Gasteiger partial charge in [0.25, 0.3) is 0 Å². The van der Waals surface area contributed by atoms with Crippen molar-refractivity contribution in [2.24, 2.45) is 0 Å². The smallest absolute Gasteiger partial charge is 0.414 e. The second-order valence-electron chi connectivity index (χ2n) is 4.40. The Balaban J connectivity index is 1.62. The summed E-state index contributed by atoms with van der Waals surface area (Å²) in [4.78, 5) is 21.4. The van der Waals surface area contributed by atoms with E-state index in [1.165, 1.54) is 6.33 Å². The molecular weight excluding hydrogens is 254 g/mol. The van der Waals surface area contributed by atoms with Crippen molar-refractivity contribution in [3.05, 3.63) is 65.9 Å². The molecule has 1 aromatic heterocycles. The van der Waals surface area contributed by atoms with E-state index in [9.17, 15) is 4.79 Å². The van der Waals surface area contributed by atoms with Crippen LogP contribution in [0.25, 0.3) is 6.08 Å². The van der Waals surface area contributed by atoms with E-state index >= 15 is 0 Å². The fraction of sp³-hybridized carbons (Fsp3) is 0.133. The standard InChI is InChI=1S/C15H13N3O2/c19-15(20-10-14-5-7-16-11-17-14)18-8-6-12-3-1-2-4-13(12)9-18/h1-8,11H,9-10H2. The van der Waals surface area contributed by atoms with Gasteiger partial charge in [0.2, 0.25) is 0 Å². The molecule has 20 heavy (non-hydrogen) atoms. The van der Waals surface area contributed by atoms with E-state index in [1.54, 1.807) is 23.4 Å². The summed E-state index contributed by atoms with van der Waals surface area (Å²) in [5.74, 6) is 0. The number of carbonyl (C=O) groups is 1. The molecule has 2 heterocycles. The van der Waals surface area contributed by atoms with E-state index in [-0.39, 0.29) is 12.7 Å². The van der Waals surface area contributed by atoms with Gasteiger partial charge in [0.05, 0.1) is 12.2 Å². The van der Waals surface area contributed by atoms with Crippen molar-refractivity contribution in [2.75, 3.05) is 0 Å². The zero-order valence-electron chi connectivity index (χ0n) is 10.8. The lowest BCUT2D eigenvalue weighted by Gasteiger charge is -2.22. The maximum absolute atomic E-state index is 12.0. The monoisotopic (exact) mass is 267 g/mol. The number of benzene rings is 1. The lowest BCUT2D eigenvalue weighted by molar-refractivity contribution is 0.107. The van der Waals surface area contributed by atoms with E-state index in [1.807, 2.05) is 30.3 Å². The van der Waals surface area contributed by atoms with Crippen LogP contribution in [-0.2, 0) is 17.9 Å². The Hall–Kier alpha value is -2.69. The van der Waals surface area contributed by atoms with Gasteiger partial charge in [-0.3, -0.25) is 4.90 Å². The van der Waals surface area contributed by atoms with E-state index in [2.05, 4.69) is 9.97 Å². The van der Waals surface area contributed by atoms with Crippen LogP contribution >= 0.6 is 0 Å². The van der Waals surface area contributed by atoms with Crippen molar-refractivity contribution in [2.45, 2.75) is 13.2 Å². The quantitative estimate of drug-likeness (QED) is 0.839. The molecule has 1 aromatic carbocycles. The predicted octanol–water partition coefficient (Wildman–Crippen LogP) is 2.60. The fourth-order valence-electron chi connectivity index (χ4n) is 1.99. The van der Waals surface area contributed by atoms with Crippen molar-refractivity contribution >= 4 is 12.2 Å². The molecule has 0 unspecified atom stereocenters. The van der Waals surface area contributed by atoms with Gasteiger partial charge in [0.15, 0.2) is 0 Å². The highest BCUT2D eigenvalue weighted by molar-refractivity contribution is 5.72. The average Bonchev–Trinajstić information content (AvgIpc) is 2.53. The van der Waals surface area contributed by atoms with Crippen molar-refractivity contribution in [1.82, 2.24) is 14.9 Å². The average molecular weight is 267 g/mol. The van der Waals surface area contributed by atoms with Gasteiger partial charge >= 0.3 is 6.09 Å². The molecule has 0 bridgehead atoms. The van der Waals surface area contributed by atoms with Crippen LogP contribution in [0.5, 0.6) is 0 Å². The van der Waals surface area contributed by atoms with E-state index in [4.69, 9.17) is 4.74 Å². The number of hydrogen-bond donors (Lipinski definition) is 0. The van der Waals surface area contributed by atoms with Gasteiger partial charge in [0.1, 0.15) is 12.9 Å². The van der Waals surface area contributed by atoms with Gasteiger partial charge in [-0.1, -0.05) is 24.3 Å². The first kappa shape index (κ1) is 12.3. The van der Waals surface area contributed by atoms with Gasteiger partial charge in [-0.05, 0) is 23.3 Å². The fourth-order valence-corrected chi connectivity index (χ4v) is 1.99. The summed E-state index contributed by atoms with van der Waals surface area (Å²) in [6.45, 7) is 0.669. The van der Waals surface area contributed by atoms with Crippen LogP contribution in [-0.4, -0.2) is 21.0 Å². The Morgan fingerprint density at radius 3 is 3.05 bits per heavy atom. The first-order chi connectivity index (χ1) is 9.83. The first-order valence-corrected chi connectivity index (χ1v) is 6.27. The minimum absolute atomic E-state index is 0.146. The van der Waals surface area contributed by atoms with Gasteiger partial charge in [0, 0.05) is 12.4 Å². The normalized spacial score (nSPS) is 12.9. The van der Waals surface area contributed by atoms with Crippen LogP contribution < -0.4 is 0 Å². The highest BCUT2D eigenvalue weighted by Crippen LogP contribution is 2.19. The lowest BCUT2D eigenvalue weighted by Crippen LogP contribution is -2.28. The molecule has 0 N–H and O–H groups in total. The molecule has 5 nitrogen and oxygen atoms in total. The Bertz CT molecular complexity index is 641. The highest BCUT2D eigenvalue weighted by Gasteiger charge is 2.17. The van der Waals surface area contributed by atoms with Crippen molar-refractivity contribution < 1.29 is 9.53 Å². The maximum Gasteiger partial charge on any atom is 0.414 e. The Morgan fingerprint density at radius 2 is 2.20 bits per heavy atom. The molecule has 1 aliphatic rings. The van der Waals surface area contributed by atoms with Crippen molar-refractivity contribution in [1.29, 1.82) is 0 Å². The summed E-state index contributed by atoms with van der Waals surface area (Å²) in [7, 11) is 0. The Morgan fingerprint density at radius 1 is 1.30 bits per heavy atom. The zero-order valence-corrected chi connectivity index (χ0v) is 10.8. The number of carbonyl (C=O) groups excluding carboxylic acids is 1. The molecule has 3 rings (SSSR count). The minimum atomic E-state index is -0.380. The van der Waals surface area contributed by atoms with Crippen molar-refractivity contribution in [3.8, 4) is 0 Å². The first-order valence-electron chi connectivity index (χ1n) is 6.27. The number of hydrogen-bond acceptors (Lipinski definition) is 4. The third kappa shape index (κ3) is 2.66. The molecule has 0 aliphatic carbocycles. The summed E-state index contributed by atoms with van der Waals surface area (Å²) in [6, 6.07) is 9.68. The second kappa shape index (κ2) is 5.52. The summed E-state index contributed by atoms with van der Waals surface area (Å²) < 4.78 is 5.23. The molecule has 2 aromatic rings. The van der Waals surface area contributed by atoms with Crippen LogP contribution in [0, 0.1) is 0 Å².